The second-order valence-electron chi connectivity index (χ2n) is 7.67. The molecule has 2 aromatic heterocycles. The normalized spacial score (nSPS) is 10.6. The monoisotopic (exact) mass is 438 g/mol. The van der Waals surface area contributed by atoms with Crippen LogP contribution in [0.4, 0.5) is 0 Å². The molecule has 1 amide bonds. The smallest absolute Gasteiger partial charge is 0.255 e. The lowest BCUT2D eigenvalue weighted by atomic mass is 10.0. The molecule has 166 valence electrons. The fourth-order valence-corrected chi connectivity index (χ4v) is 3.68. The van der Waals surface area contributed by atoms with E-state index in [2.05, 4.69) is 27.4 Å². The predicted molar refractivity (Wildman–Crippen MR) is 129 cm³/mol. The molecular formula is C27H26N4O2. The van der Waals surface area contributed by atoms with Crippen LogP contribution in [0.25, 0.3) is 22.6 Å². The van der Waals surface area contributed by atoms with Crippen molar-refractivity contribution in [3.05, 3.63) is 95.9 Å². The Morgan fingerprint density at radius 3 is 2.55 bits per heavy atom. The summed E-state index contributed by atoms with van der Waals surface area (Å²) in [5.74, 6) is 1.04. The summed E-state index contributed by atoms with van der Waals surface area (Å²) in [7, 11) is 1.62. The molecule has 6 heteroatoms. The second-order valence-corrected chi connectivity index (χ2v) is 7.67. The number of carbonyl (C=O) groups excluding carboxylic acids is 1. The van der Waals surface area contributed by atoms with Crippen molar-refractivity contribution in [1.82, 2.24) is 20.3 Å². The number of hydrogen-bond acceptors (Lipinski definition) is 5. The first-order valence-corrected chi connectivity index (χ1v) is 10.9. The zero-order valence-corrected chi connectivity index (χ0v) is 18.8. The molecule has 2 aromatic carbocycles. The van der Waals surface area contributed by atoms with Crippen LogP contribution in [0.15, 0.2) is 79.1 Å². The third kappa shape index (κ3) is 5.41. The minimum absolute atomic E-state index is 0.184. The van der Waals surface area contributed by atoms with E-state index in [4.69, 9.17) is 9.72 Å². The molecule has 0 saturated heterocycles. The van der Waals surface area contributed by atoms with Gasteiger partial charge >= 0.3 is 0 Å². The minimum atomic E-state index is -0.184. The van der Waals surface area contributed by atoms with E-state index in [0.717, 1.165) is 24.0 Å². The number of aryl methyl sites for hydroxylation is 2. The van der Waals surface area contributed by atoms with E-state index in [-0.39, 0.29) is 5.91 Å². The molecule has 0 radical (unpaired) electrons. The number of nitrogens with zero attached hydrogens (tertiary/aromatic N) is 3. The molecule has 4 aromatic rings. The lowest BCUT2D eigenvalue weighted by Gasteiger charge is -2.14. The first-order valence-electron chi connectivity index (χ1n) is 10.9. The molecule has 2 heterocycles. The van der Waals surface area contributed by atoms with Gasteiger partial charge in [-0.1, -0.05) is 42.5 Å². The van der Waals surface area contributed by atoms with Gasteiger partial charge in [-0.15, -0.1) is 0 Å². The Hall–Kier alpha value is -4.06. The van der Waals surface area contributed by atoms with Gasteiger partial charge in [0.1, 0.15) is 5.75 Å². The predicted octanol–water partition coefficient (Wildman–Crippen LogP) is 4.89. The summed E-state index contributed by atoms with van der Waals surface area (Å²) in [5, 5.41) is 3.05. The van der Waals surface area contributed by atoms with Crippen molar-refractivity contribution in [2.24, 2.45) is 0 Å². The average Bonchev–Trinajstić information content (AvgIpc) is 2.87. The van der Waals surface area contributed by atoms with E-state index in [1.807, 2.05) is 61.5 Å². The van der Waals surface area contributed by atoms with Gasteiger partial charge in [0.25, 0.3) is 5.91 Å². The number of carbonyl (C=O) groups is 1. The molecule has 0 aliphatic carbocycles. The Morgan fingerprint density at radius 2 is 1.79 bits per heavy atom. The van der Waals surface area contributed by atoms with Gasteiger partial charge in [0.05, 0.1) is 24.1 Å². The molecule has 0 atom stereocenters. The zero-order valence-electron chi connectivity index (χ0n) is 18.8. The number of benzene rings is 2. The Morgan fingerprint density at radius 1 is 0.970 bits per heavy atom. The summed E-state index contributed by atoms with van der Waals surface area (Å²) in [6, 6.07) is 21.5. The fourth-order valence-electron chi connectivity index (χ4n) is 3.68. The number of aromatic nitrogens is 3. The van der Waals surface area contributed by atoms with E-state index in [9.17, 15) is 4.79 Å². The van der Waals surface area contributed by atoms with E-state index in [0.29, 0.717) is 35.1 Å². The molecule has 0 bridgehead atoms. The SMILES string of the molecule is COc1cccc(-c2nc(-c3cccnc3)nc(C)c2C(=O)NCCCc2ccccc2)c1. The standard InChI is InChI=1S/C27H26N4O2/c1-19-24(27(32)29-16-7-11-20-9-4-3-5-10-20)25(21-12-6-14-23(17-21)33-2)31-26(30-19)22-13-8-15-28-18-22/h3-6,8-10,12-15,17-18H,7,11,16H2,1-2H3,(H,29,32). The van der Waals surface area contributed by atoms with Gasteiger partial charge in [0.2, 0.25) is 0 Å². The Bertz CT molecular complexity index is 1230. The van der Waals surface area contributed by atoms with Gasteiger partial charge in [0, 0.05) is 30.1 Å². The van der Waals surface area contributed by atoms with Crippen LogP contribution in [0.1, 0.15) is 28.0 Å². The average molecular weight is 439 g/mol. The molecule has 33 heavy (non-hydrogen) atoms. The molecule has 0 unspecified atom stereocenters. The minimum Gasteiger partial charge on any atom is -0.497 e. The first-order chi connectivity index (χ1) is 16.2. The number of ether oxygens (including phenoxy) is 1. The largest absolute Gasteiger partial charge is 0.497 e. The Kier molecular flexibility index (Phi) is 7.05. The van der Waals surface area contributed by atoms with E-state index >= 15 is 0 Å². The van der Waals surface area contributed by atoms with Gasteiger partial charge < -0.3 is 10.1 Å². The maximum atomic E-state index is 13.2. The summed E-state index contributed by atoms with van der Waals surface area (Å²) in [6.07, 6.45) is 5.17. The van der Waals surface area contributed by atoms with Crippen LogP contribution in [0.5, 0.6) is 5.75 Å². The number of nitrogens with one attached hydrogen (secondary N) is 1. The molecule has 1 N–H and O–H groups in total. The van der Waals surface area contributed by atoms with Crippen molar-refractivity contribution < 1.29 is 9.53 Å². The van der Waals surface area contributed by atoms with Crippen molar-refractivity contribution in [3.8, 4) is 28.4 Å². The van der Waals surface area contributed by atoms with E-state index in [1.54, 1.807) is 19.5 Å². The maximum Gasteiger partial charge on any atom is 0.255 e. The topological polar surface area (TPSA) is 77.0 Å². The number of pyridine rings is 1. The molecule has 0 saturated carbocycles. The van der Waals surface area contributed by atoms with Crippen molar-refractivity contribution in [2.75, 3.05) is 13.7 Å². The molecule has 6 nitrogen and oxygen atoms in total. The van der Waals surface area contributed by atoms with Crippen molar-refractivity contribution in [3.63, 3.8) is 0 Å². The molecular weight excluding hydrogens is 412 g/mol. The highest BCUT2D eigenvalue weighted by Crippen LogP contribution is 2.29. The highest BCUT2D eigenvalue weighted by Gasteiger charge is 2.21. The first kappa shape index (κ1) is 22.1. The summed E-state index contributed by atoms with van der Waals surface area (Å²) >= 11 is 0. The Labute approximate surface area is 193 Å². The van der Waals surface area contributed by atoms with Crippen molar-refractivity contribution in [1.29, 1.82) is 0 Å². The zero-order chi connectivity index (χ0) is 23.0. The van der Waals surface area contributed by atoms with Gasteiger partial charge in [0.15, 0.2) is 5.82 Å². The van der Waals surface area contributed by atoms with Crippen LogP contribution < -0.4 is 10.1 Å². The number of rotatable bonds is 8. The molecule has 0 spiro atoms. The fraction of sp³-hybridized carbons (Fsp3) is 0.185. The van der Waals surface area contributed by atoms with Crippen LogP contribution in [-0.4, -0.2) is 34.5 Å². The lowest BCUT2D eigenvalue weighted by molar-refractivity contribution is 0.0952. The summed E-state index contributed by atoms with van der Waals surface area (Å²) in [6.45, 7) is 2.40. The summed E-state index contributed by atoms with van der Waals surface area (Å²) in [5.41, 5.74) is 4.49. The van der Waals surface area contributed by atoms with Crippen LogP contribution >= 0.6 is 0 Å². The van der Waals surface area contributed by atoms with Gasteiger partial charge in [-0.3, -0.25) is 9.78 Å². The van der Waals surface area contributed by atoms with Gasteiger partial charge in [-0.2, -0.15) is 0 Å². The molecule has 0 fully saturated rings. The lowest BCUT2D eigenvalue weighted by Crippen LogP contribution is -2.27. The van der Waals surface area contributed by atoms with E-state index in [1.165, 1.54) is 5.56 Å². The highest BCUT2D eigenvalue weighted by molar-refractivity contribution is 6.01. The maximum absolute atomic E-state index is 13.2. The summed E-state index contributed by atoms with van der Waals surface area (Å²) < 4.78 is 5.39. The van der Waals surface area contributed by atoms with Gasteiger partial charge in [-0.05, 0) is 49.6 Å². The summed E-state index contributed by atoms with van der Waals surface area (Å²) in [4.78, 5) is 26.8. The third-order valence-corrected chi connectivity index (χ3v) is 5.35. The van der Waals surface area contributed by atoms with Crippen molar-refractivity contribution >= 4 is 5.91 Å². The van der Waals surface area contributed by atoms with Crippen LogP contribution in [-0.2, 0) is 6.42 Å². The quantitative estimate of drug-likeness (QED) is 0.397. The number of amides is 1. The third-order valence-electron chi connectivity index (χ3n) is 5.35. The molecule has 4 rings (SSSR count). The second kappa shape index (κ2) is 10.5. The van der Waals surface area contributed by atoms with Crippen molar-refractivity contribution in [2.45, 2.75) is 19.8 Å². The van der Waals surface area contributed by atoms with Crippen LogP contribution in [0, 0.1) is 6.92 Å². The van der Waals surface area contributed by atoms with Crippen LogP contribution in [0.3, 0.4) is 0 Å². The Balaban J connectivity index is 1.63. The van der Waals surface area contributed by atoms with E-state index < -0.39 is 0 Å². The number of hydrogen-bond donors (Lipinski definition) is 1. The molecule has 0 aliphatic rings. The van der Waals surface area contributed by atoms with Gasteiger partial charge in [-0.25, -0.2) is 9.97 Å². The highest BCUT2D eigenvalue weighted by atomic mass is 16.5. The molecule has 0 aliphatic heterocycles. The van der Waals surface area contributed by atoms with Crippen LogP contribution in [0.2, 0.25) is 0 Å². The number of methoxy groups -OCH3 is 1.